The first kappa shape index (κ1) is 15.8. The molecule has 0 aliphatic carbocycles. The molecule has 1 fully saturated rings. The van der Waals surface area contributed by atoms with Crippen molar-refractivity contribution in [2.24, 2.45) is 0 Å². The summed E-state index contributed by atoms with van der Waals surface area (Å²) in [6, 6.07) is 0.200. The van der Waals surface area contributed by atoms with E-state index in [0.717, 1.165) is 19.5 Å². The smallest absolute Gasteiger partial charge is 0.281 e. The van der Waals surface area contributed by atoms with Crippen LogP contribution in [0.15, 0.2) is 0 Å². The van der Waals surface area contributed by atoms with Crippen molar-refractivity contribution in [1.29, 1.82) is 0 Å². The average Bonchev–Trinajstić information content (AvgIpc) is 2.17. The van der Waals surface area contributed by atoms with Crippen LogP contribution in [0.2, 0.25) is 0 Å². The van der Waals surface area contributed by atoms with Crippen LogP contribution in [0.25, 0.3) is 0 Å². The zero-order valence-corrected chi connectivity index (χ0v) is 10.8. The summed E-state index contributed by atoms with van der Waals surface area (Å²) < 4.78 is 31.6. The molecule has 2 atom stereocenters. The van der Waals surface area contributed by atoms with Crippen LogP contribution >= 0.6 is 0 Å². The molecule has 7 heteroatoms. The fourth-order valence-electron chi connectivity index (χ4n) is 2.15. The Morgan fingerprint density at radius 1 is 1.50 bits per heavy atom. The summed E-state index contributed by atoms with van der Waals surface area (Å²) in [4.78, 5) is 1.89. The van der Waals surface area contributed by atoms with Crippen LogP contribution in [0.1, 0.15) is 26.7 Å². The molecule has 0 radical (unpaired) electrons. The van der Waals surface area contributed by atoms with E-state index in [4.69, 9.17) is 4.55 Å². The minimum Gasteiger partial charge on any atom is -0.344 e. The Hall–Kier alpha value is -0.210. The third-order valence-corrected chi connectivity index (χ3v) is 4.22. The Labute approximate surface area is 97.7 Å². The molecular formula is C9H23N3O3S. The van der Waals surface area contributed by atoms with E-state index < -0.39 is 15.5 Å². The summed E-state index contributed by atoms with van der Waals surface area (Å²) in [5, 5.41) is 2.48. The van der Waals surface area contributed by atoms with Crippen LogP contribution in [0.5, 0.6) is 0 Å². The van der Waals surface area contributed by atoms with E-state index >= 15 is 0 Å². The minimum atomic E-state index is -3.96. The summed E-state index contributed by atoms with van der Waals surface area (Å²) in [6.07, 6.45) is 1.31. The number of piperazine rings is 1. The summed E-state index contributed by atoms with van der Waals surface area (Å²) in [7, 11) is -3.96. The maximum absolute atomic E-state index is 11.2. The van der Waals surface area contributed by atoms with Crippen LogP contribution < -0.4 is 11.5 Å². The van der Waals surface area contributed by atoms with Crippen molar-refractivity contribution in [3.05, 3.63) is 0 Å². The maximum Gasteiger partial charge on any atom is 0.281 e. The normalized spacial score (nSPS) is 24.8. The lowest BCUT2D eigenvalue weighted by Gasteiger charge is -2.39. The average molecular weight is 253 g/mol. The van der Waals surface area contributed by atoms with Gasteiger partial charge in [0, 0.05) is 25.7 Å². The van der Waals surface area contributed by atoms with Gasteiger partial charge in [0.25, 0.3) is 10.1 Å². The third-order valence-electron chi connectivity index (χ3n) is 2.93. The van der Waals surface area contributed by atoms with Gasteiger partial charge in [-0.15, -0.1) is 0 Å². The largest absolute Gasteiger partial charge is 0.344 e. The molecule has 0 amide bonds. The molecule has 6 nitrogen and oxygen atoms in total. The number of nitrogens with zero attached hydrogens (tertiary/aromatic N) is 1. The molecule has 0 aromatic heterocycles. The lowest BCUT2D eigenvalue weighted by molar-refractivity contribution is 0.132. The predicted octanol–water partition coefficient (Wildman–Crippen LogP) is 0.456. The molecule has 1 aliphatic heterocycles. The summed E-state index contributed by atoms with van der Waals surface area (Å²) in [5.74, 6) is 0. The quantitative estimate of drug-likeness (QED) is 0.629. The Bertz CT molecular complexity index is 294. The van der Waals surface area contributed by atoms with Crippen molar-refractivity contribution in [3.63, 3.8) is 0 Å². The first-order valence-electron chi connectivity index (χ1n) is 5.43. The third kappa shape index (κ3) is 3.67. The summed E-state index contributed by atoms with van der Waals surface area (Å²) >= 11 is 0. The van der Waals surface area contributed by atoms with E-state index in [0.29, 0.717) is 13.0 Å². The van der Waals surface area contributed by atoms with Gasteiger partial charge in [0.15, 0.2) is 0 Å². The van der Waals surface area contributed by atoms with Gasteiger partial charge in [-0.3, -0.25) is 9.45 Å². The first-order valence-corrected chi connectivity index (χ1v) is 6.93. The van der Waals surface area contributed by atoms with E-state index in [1.165, 1.54) is 0 Å². The standard InChI is InChI=1S/C9H20N2O3S.H3N/c1-3-8-7-10-5-6-11(8)9(4-2)15(12,13)14;/h8-10H,3-7H2,1-2H3,(H,12,13,14);1H3. The maximum atomic E-state index is 11.2. The highest BCUT2D eigenvalue weighted by Crippen LogP contribution is 2.17. The van der Waals surface area contributed by atoms with Gasteiger partial charge < -0.3 is 11.5 Å². The van der Waals surface area contributed by atoms with E-state index in [1.807, 2.05) is 11.8 Å². The highest BCUT2D eigenvalue weighted by molar-refractivity contribution is 7.86. The summed E-state index contributed by atoms with van der Waals surface area (Å²) in [5.41, 5.74) is 0. The van der Waals surface area contributed by atoms with Crippen molar-refractivity contribution in [2.75, 3.05) is 19.6 Å². The topological polar surface area (TPSA) is 105 Å². The van der Waals surface area contributed by atoms with Gasteiger partial charge in [0.2, 0.25) is 0 Å². The van der Waals surface area contributed by atoms with E-state index in [9.17, 15) is 8.42 Å². The van der Waals surface area contributed by atoms with Crippen LogP contribution in [0, 0.1) is 0 Å². The van der Waals surface area contributed by atoms with Crippen LogP contribution in [-0.4, -0.2) is 48.9 Å². The van der Waals surface area contributed by atoms with Gasteiger partial charge in [-0.25, -0.2) is 0 Å². The van der Waals surface area contributed by atoms with Crippen LogP contribution in [0.3, 0.4) is 0 Å². The lowest BCUT2D eigenvalue weighted by Crippen LogP contribution is -2.56. The molecule has 1 heterocycles. The second kappa shape index (κ2) is 6.51. The Morgan fingerprint density at radius 2 is 2.12 bits per heavy atom. The van der Waals surface area contributed by atoms with Crippen molar-refractivity contribution in [2.45, 2.75) is 38.1 Å². The lowest BCUT2D eigenvalue weighted by atomic mass is 10.1. The Kier molecular flexibility index (Phi) is 6.42. The predicted molar refractivity (Wildman–Crippen MR) is 64.3 cm³/mol. The highest BCUT2D eigenvalue weighted by Gasteiger charge is 2.33. The Balaban J connectivity index is 0.00000225. The monoisotopic (exact) mass is 253 g/mol. The molecule has 16 heavy (non-hydrogen) atoms. The van der Waals surface area contributed by atoms with E-state index in [1.54, 1.807) is 6.92 Å². The molecule has 0 aromatic rings. The van der Waals surface area contributed by atoms with Crippen molar-refractivity contribution >= 4 is 10.1 Å². The van der Waals surface area contributed by atoms with Gasteiger partial charge in [0.05, 0.1) is 0 Å². The molecule has 1 rings (SSSR count). The number of rotatable bonds is 4. The van der Waals surface area contributed by atoms with Gasteiger partial charge in [0.1, 0.15) is 5.37 Å². The fraction of sp³-hybridized carbons (Fsp3) is 1.00. The molecule has 1 aliphatic rings. The molecule has 1 saturated heterocycles. The molecule has 0 spiro atoms. The summed E-state index contributed by atoms with van der Waals surface area (Å²) in [6.45, 7) is 6.07. The van der Waals surface area contributed by atoms with Gasteiger partial charge in [-0.1, -0.05) is 13.8 Å². The van der Waals surface area contributed by atoms with E-state index in [-0.39, 0.29) is 12.2 Å². The van der Waals surface area contributed by atoms with Crippen LogP contribution in [0.4, 0.5) is 0 Å². The SMILES string of the molecule is CCC1CNCCN1C(CC)S(=O)(=O)O.N. The highest BCUT2D eigenvalue weighted by atomic mass is 32.2. The number of nitrogens with one attached hydrogen (secondary N) is 1. The van der Waals surface area contributed by atoms with Crippen molar-refractivity contribution in [1.82, 2.24) is 16.4 Å². The van der Waals surface area contributed by atoms with Gasteiger partial charge in [-0.05, 0) is 12.8 Å². The fourth-order valence-corrected chi connectivity index (χ4v) is 3.19. The zero-order valence-electron chi connectivity index (χ0n) is 10.0. The zero-order chi connectivity index (χ0) is 11.5. The van der Waals surface area contributed by atoms with Crippen LogP contribution in [-0.2, 0) is 10.1 Å². The molecule has 5 N–H and O–H groups in total. The minimum absolute atomic E-state index is 0. The molecular weight excluding hydrogens is 230 g/mol. The Morgan fingerprint density at radius 3 is 2.56 bits per heavy atom. The second-order valence-electron chi connectivity index (χ2n) is 3.88. The number of hydrogen-bond acceptors (Lipinski definition) is 5. The molecule has 0 saturated carbocycles. The first-order chi connectivity index (χ1) is 7.00. The van der Waals surface area contributed by atoms with Crippen molar-refractivity contribution in [3.8, 4) is 0 Å². The number of hydrogen-bond donors (Lipinski definition) is 3. The molecule has 98 valence electrons. The molecule has 2 unspecified atom stereocenters. The molecule has 0 aromatic carbocycles. The van der Waals surface area contributed by atoms with Crippen molar-refractivity contribution < 1.29 is 13.0 Å². The van der Waals surface area contributed by atoms with Gasteiger partial charge >= 0.3 is 0 Å². The molecule has 0 bridgehead atoms. The van der Waals surface area contributed by atoms with Gasteiger partial charge in [-0.2, -0.15) is 8.42 Å². The van der Waals surface area contributed by atoms with E-state index in [2.05, 4.69) is 5.32 Å². The second-order valence-corrected chi connectivity index (χ2v) is 5.46.